The van der Waals surface area contributed by atoms with Crippen molar-refractivity contribution in [2.45, 2.75) is 19.3 Å². The summed E-state index contributed by atoms with van der Waals surface area (Å²) in [7, 11) is 5.57. The Balaban J connectivity index is 2.60. The molecule has 0 radical (unpaired) electrons. The van der Waals surface area contributed by atoms with Crippen LogP contribution in [0, 0.1) is 5.41 Å². The van der Waals surface area contributed by atoms with Gasteiger partial charge in [0.05, 0.1) is 5.41 Å². The molecule has 0 aromatic rings. The standard InChI is InChI=1S/C9H18N2O/c1-10-7-9(5-4-6-9)8(12)11(2)3/h10H,4-7H2,1-3H3. The monoisotopic (exact) mass is 170 g/mol. The first-order valence-electron chi connectivity index (χ1n) is 4.49. The molecule has 1 aliphatic carbocycles. The molecule has 0 atom stereocenters. The van der Waals surface area contributed by atoms with E-state index < -0.39 is 0 Å². The van der Waals surface area contributed by atoms with Crippen LogP contribution in [0.3, 0.4) is 0 Å². The molecule has 0 saturated heterocycles. The molecular weight excluding hydrogens is 152 g/mol. The van der Waals surface area contributed by atoms with Gasteiger partial charge in [0.1, 0.15) is 0 Å². The molecule has 0 aromatic heterocycles. The van der Waals surface area contributed by atoms with E-state index in [-0.39, 0.29) is 11.3 Å². The lowest BCUT2D eigenvalue weighted by Gasteiger charge is -2.41. The SMILES string of the molecule is CNCC1(C(=O)N(C)C)CCC1. The third kappa shape index (κ3) is 1.46. The fourth-order valence-electron chi connectivity index (χ4n) is 1.88. The number of rotatable bonds is 3. The lowest BCUT2D eigenvalue weighted by atomic mass is 9.68. The van der Waals surface area contributed by atoms with Gasteiger partial charge in [0.15, 0.2) is 0 Å². The highest BCUT2D eigenvalue weighted by Gasteiger charge is 2.44. The van der Waals surface area contributed by atoms with Crippen molar-refractivity contribution in [2.75, 3.05) is 27.7 Å². The lowest BCUT2D eigenvalue weighted by Crippen LogP contribution is -2.50. The Morgan fingerprint density at radius 3 is 2.33 bits per heavy atom. The third-order valence-corrected chi connectivity index (χ3v) is 2.69. The molecule has 0 aromatic carbocycles. The molecule has 12 heavy (non-hydrogen) atoms. The van der Waals surface area contributed by atoms with Crippen molar-refractivity contribution in [2.24, 2.45) is 5.41 Å². The van der Waals surface area contributed by atoms with E-state index in [4.69, 9.17) is 0 Å². The average Bonchev–Trinajstić information content (AvgIpc) is 1.95. The summed E-state index contributed by atoms with van der Waals surface area (Å²) in [6.45, 7) is 0.823. The van der Waals surface area contributed by atoms with E-state index in [1.54, 1.807) is 4.90 Å². The molecule has 1 aliphatic rings. The van der Waals surface area contributed by atoms with Gasteiger partial charge in [-0.2, -0.15) is 0 Å². The fourth-order valence-corrected chi connectivity index (χ4v) is 1.88. The quantitative estimate of drug-likeness (QED) is 0.667. The Labute approximate surface area is 74.1 Å². The predicted molar refractivity (Wildman–Crippen MR) is 48.9 cm³/mol. The van der Waals surface area contributed by atoms with Gasteiger partial charge in [-0.15, -0.1) is 0 Å². The molecule has 70 valence electrons. The Bertz CT molecular complexity index is 173. The second kappa shape index (κ2) is 3.44. The minimum absolute atomic E-state index is 0.0712. The minimum Gasteiger partial charge on any atom is -0.348 e. The summed E-state index contributed by atoms with van der Waals surface area (Å²) in [5, 5.41) is 3.10. The molecule has 1 saturated carbocycles. The van der Waals surface area contributed by atoms with Gasteiger partial charge in [0, 0.05) is 20.6 Å². The largest absolute Gasteiger partial charge is 0.348 e. The van der Waals surface area contributed by atoms with Gasteiger partial charge < -0.3 is 10.2 Å². The van der Waals surface area contributed by atoms with Gasteiger partial charge in [0.25, 0.3) is 0 Å². The predicted octanol–water partition coefficient (Wildman–Crippen LogP) is 0.464. The zero-order valence-corrected chi connectivity index (χ0v) is 8.18. The van der Waals surface area contributed by atoms with Gasteiger partial charge in [-0.1, -0.05) is 6.42 Å². The molecule has 1 rings (SSSR count). The zero-order chi connectivity index (χ0) is 9.19. The molecule has 0 spiro atoms. The van der Waals surface area contributed by atoms with Crippen molar-refractivity contribution >= 4 is 5.91 Å². The summed E-state index contributed by atoms with van der Waals surface area (Å²) in [5.74, 6) is 0.281. The van der Waals surface area contributed by atoms with Crippen LogP contribution in [0.1, 0.15) is 19.3 Å². The molecule has 1 amide bonds. The van der Waals surface area contributed by atoms with E-state index in [1.807, 2.05) is 21.1 Å². The van der Waals surface area contributed by atoms with Gasteiger partial charge in [-0.05, 0) is 19.9 Å². The number of hydrogen-bond acceptors (Lipinski definition) is 2. The Morgan fingerprint density at radius 1 is 1.50 bits per heavy atom. The van der Waals surface area contributed by atoms with Crippen molar-refractivity contribution in [1.29, 1.82) is 0 Å². The van der Waals surface area contributed by atoms with Crippen LogP contribution in [-0.2, 0) is 4.79 Å². The maximum absolute atomic E-state index is 11.7. The molecule has 3 heteroatoms. The van der Waals surface area contributed by atoms with Gasteiger partial charge in [-0.3, -0.25) is 4.79 Å². The number of nitrogens with zero attached hydrogens (tertiary/aromatic N) is 1. The van der Waals surface area contributed by atoms with Crippen LogP contribution in [0.25, 0.3) is 0 Å². The van der Waals surface area contributed by atoms with E-state index in [9.17, 15) is 4.79 Å². The maximum Gasteiger partial charge on any atom is 0.229 e. The van der Waals surface area contributed by atoms with Crippen molar-refractivity contribution in [3.8, 4) is 0 Å². The zero-order valence-electron chi connectivity index (χ0n) is 8.18. The normalized spacial score (nSPS) is 19.9. The van der Waals surface area contributed by atoms with Crippen LogP contribution in [0.5, 0.6) is 0 Å². The first-order chi connectivity index (χ1) is 5.62. The summed E-state index contributed by atoms with van der Waals surface area (Å²) < 4.78 is 0. The first-order valence-corrected chi connectivity index (χ1v) is 4.49. The van der Waals surface area contributed by atoms with E-state index >= 15 is 0 Å². The van der Waals surface area contributed by atoms with E-state index in [0.717, 1.165) is 19.4 Å². The van der Waals surface area contributed by atoms with Crippen LogP contribution in [0.15, 0.2) is 0 Å². The molecule has 3 nitrogen and oxygen atoms in total. The van der Waals surface area contributed by atoms with Crippen molar-refractivity contribution in [3.05, 3.63) is 0 Å². The van der Waals surface area contributed by atoms with E-state index in [2.05, 4.69) is 5.32 Å². The molecule has 0 aliphatic heterocycles. The number of carbonyl (C=O) groups excluding carboxylic acids is 1. The van der Waals surface area contributed by atoms with Gasteiger partial charge >= 0.3 is 0 Å². The summed E-state index contributed by atoms with van der Waals surface area (Å²) >= 11 is 0. The van der Waals surface area contributed by atoms with Crippen LogP contribution in [0.4, 0.5) is 0 Å². The summed E-state index contributed by atoms with van der Waals surface area (Å²) in [6, 6.07) is 0. The third-order valence-electron chi connectivity index (χ3n) is 2.69. The van der Waals surface area contributed by atoms with Crippen molar-refractivity contribution < 1.29 is 4.79 Å². The lowest BCUT2D eigenvalue weighted by molar-refractivity contribution is -0.144. The van der Waals surface area contributed by atoms with Crippen molar-refractivity contribution in [3.63, 3.8) is 0 Å². The highest BCUT2D eigenvalue weighted by Crippen LogP contribution is 2.41. The number of amides is 1. The smallest absolute Gasteiger partial charge is 0.229 e. The topological polar surface area (TPSA) is 32.3 Å². The summed E-state index contributed by atoms with van der Waals surface area (Å²) in [6.07, 6.45) is 3.29. The van der Waals surface area contributed by atoms with Crippen LogP contribution in [0.2, 0.25) is 0 Å². The maximum atomic E-state index is 11.7. The number of hydrogen-bond donors (Lipinski definition) is 1. The second-order valence-electron chi connectivity index (χ2n) is 3.86. The van der Waals surface area contributed by atoms with Gasteiger partial charge in [-0.25, -0.2) is 0 Å². The fraction of sp³-hybridized carbons (Fsp3) is 0.889. The van der Waals surface area contributed by atoms with Crippen LogP contribution >= 0.6 is 0 Å². The second-order valence-corrected chi connectivity index (χ2v) is 3.86. The van der Waals surface area contributed by atoms with E-state index in [1.165, 1.54) is 6.42 Å². The molecular formula is C9H18N2O. The molecule has 1 N–H and O–H groups in total. The summed E-state index contributed by atoms with van der Waals surface area (Å²) in [5.41, 5.74) is -0.0712. The van der Waals surface area contributed by atoms with E-state index in [0.29, 0.717) is 0 Å². The van der Waals surface area contributed by atoms with Crippen molar-refractivity contribution in [1.82, 2.24) is 10.2 Å². The molecule has 0 bridgehead atoms. The van der Waals surface area contributed by atoms with Crippen LogP contribution < -0.4 is 5.32 Å². The number of carbonyl (C=O) groups is 1. The minimum atomic E-state index is -0.0712. The Hall–Kier alpha value is -0.570. The average molecular weight is 170 g/mol. The highest BCUT2D eigenvalue weighted by molar-refractivity contribution is 5.83. The first kappa shape index (κ1) is 9.52. The Morgan fingerprint density at radius 2 is 2.08 bits per heavy atom. The molecule has 1 fully saturated rings. The highest BCUT2D eigenvalue weighted by atomic mass is 16.2. The van der Waals surface area contributed by atoms with Crippen LogP contribution in [-0.4, -0.2) is 38.5 Å². The summed E-state index contributed by atoms with van der Waals surface area (Å²) in [4.78, 5) is 13.4. The molecule has 0 heterocycles. The Kier molecular flexibility index (Phi) is 2.73. The molecule has 0 unspecified atom stereocenters. The van der Waals surface area contributed by atoms with Gasteiger partial charge in [0.2, 0.25) is 5.91 Å². The number of nitrogens with one attached hydrogen (secondary N) is 1.